The molecule has 0 unspecified atom stereocenters. The molecule has 0 bridgehead atoms. The Kier molecular flexibility index (Phi) is 10.0. The molecule has 0 radical (unpaired) electrons. The van der Waals surface area contributed by atoms with Crippen molar-refractivity contribution >= 4 is 17.9 Å². The summed E-state index contributed by atoms with van der Waals surface area (Å²) < 4.78 is 11.2. The summed E-state index contributed by atoms with van der Waals surface area (Å²) in [6, 6.07) is 24.5. The largest absolute Gasteiger partial charge is 0.489 e. The van der Waals surface area contributed by atoms with E-state index < -0.39 is 30.0 Å². The molecule has 0 fully saturated rings. The number of rotatable bonds is 11. The number of carbonyl (C=O) groups is 3. The Bertz CT molecular complexity index is 1160. The molecule has 3 aromatic carbocycles. The van der Waals surface area contributed by atoms with Gasteiger partial charge in [-0.2, -0.15) is 0 Å². The predicted octanol–water partition coefficient (Wildman–Crippen LogP) is 2.94. The van der Waals surface area contributed by atoms with Gasteiger partial charge >= 0.3 is 6.09 Å². The number of hydrogen-bond donors (Lipinski definition) is 3. The molecule has 0 heterocycles. The van der Waals surface area contributed by atoms with Crippen molar-refractivity contribution in [3.63, 3.8) is 0 Å². The molecule has 3 amide bonds. The van der Waals surface area contributed by atoms with Crippen molar-refractivity contribution in [3.8, 4) is 5.75 Å². The first-order valence-electron chi connectivity index (χ1n) is 11.9. The highest BCUT2D eigenvalue weighted by atomic mass is 16.6. The average molecular weight is 505 g/mol. The van der Waals surface area contributed by atoms with E-state index in [0.717, 1.165) is 16.7 Å². The first kappa shape index (κ1) is 27.2. The normalized spacial score (nSPS) is 12.1. The van der Waals surface area contributed by atoms with Crippen LogP contribution in [0.25, 0.3) is 0 Å². The quantitative estimate of drug-likeness (QED) is 0.210. The number of ether oxygens (including phenoxy) is 2. The molecule has 0 aliphatic carbocycles. The lowest BCUT2D eigenvalue weighted by Crippen LogP contribution is -2.54. The molecule has 2 atom stereocenters. The van der Waals surface area contributed by atoms with Crippen LogP contribution in [-0.4, -0.2) is 41.9 Å². The first-order valence-corrected chi connectivity index (χ1v) is 11.9. The van der Waals surface area contributed by atoms with Crippen LogP contribution < -0.4 is 21.3 Å². The van der Waals surface area contributed by atoms with E-state index in [-0.39, 0.29) is 13.0 Å². The Balaban J connectivity index is 1.68. The molecule has 9 heteroatoms. The number of nitrogens with two attached hydrogens (primary N) is 1. The number of amides is 3. The van der Waals surface area contributed by atoms with E-state index in [9.17, 15) is 14.4 Å². The van der Waals surface area contributed by atoms with Gasteiger partial charge in [-0.25, -0.2) is 10.6 Å². The summed E-state index contributed by atoms with van der Waals surface area (Å²) in [7, 11) is 1.49. The van der Waals surface area contributed by atoms with Gasteiger partial charge in [0.05, 0.1) is 0 Å². The summed E-state index contributed by atoms with van der Waals surface area (Å²) >= 11 is 0. The summed E-state index contributed by atoms with van der Waals surface area (Å²) in [4.78, 5) is 39.0. The van der Waals surface area contributed by atoms with Crippen molar-refractivity contribution in [2.45, 2.75) is 38.6 Å². The summed E-state index contributed by atoms with van der Waals surface area (Å²) in [5.74, 6) is 4.79. The van der Waals surface area contributed by atoms with Crippen LogP contribution in [0.2, 0.25) is 0 Å². The molecular weight excluding hydrogens is 472 g/mol. The van der Waals surface area contributed by atoms with E-state index in [1.54, 1.807) is 0 Å². The van der Waals surface area contributed by atoms with Gasteiger partial charge in [-0.15, -0.1) is 0 Å². The van der Waals surface area contributed by atoms with Gasteiger partial charge < -0.3 is 14.8 Å². The summed E-state index contributed by atoms with van der Waals surface area (Å²) in [5, 5.41) is 2.61. The Morgan fingerprint density at radius 3 is 1.95 bits per heavy atom. The lowest BCUT2D eigenvalue weighted by atomic mass is 10.0. The maximum absolute atomic E-state index is 13.1. The van der Waals surface area contributed by atoms with E-state index in [4.69, 9.17) is 15.3 Å². The number of hydrogen-bond acceptors (Lipinski definition) is 6. The van der Waals surface area contributed by atoms with Gasteiger partial charge in [0.25, 0.3) is 5.91 Å². The molecule has 4 N–H and O–H groups in total. The molecule has 0 spiro atoms. The standard InChI is InChI=1S/C28H32N4O5/c1-20(26(33)31-29)30-27(34)25(32(2)28(35)37-19-23-11-7-4-8-12-23)17-21-13-15-24(16-14-21)36-18-22-9-5-3-6-10-22/h3-16,20,25H,17-19,29H2,1-2H3,(H,30,34)(H,31,33)/t20-,25+/m1/s1. The Hall–Kier alpha value is -4.37. The second-order valence-electron chi connectivity index (χ2n) is 8.53. The van der Waals surface area contributed by atoms with Crippen molar-refractivity contribution in [2.24, 2.45) is 5.84 Å². The second kappa shape index (κ2) is 13.6. The first-order chi connectivity index (χ1) is 17.9. The highest BCUT2D eigenvalue weighted by Crippen LogP contribution is 2.17. The maximum atomic E-state index is 13.1. The van der Waals surface area contributed by atoms with Crippen LogP contribution in [-0.2, 0) is 34.0 Å². The molecule has 9 nitrogen and oxygen atoms in total. The van der Waals surface area contributed by atoms with Crippen molar-refractivity contribution in [1.82, 2.24) is 15.6 Å². The lowest BCUT2D eigenvalue weighted by molar-refractivity contribution is -0.131. The number of likely N-dealkylation sites (N-methyl/N-ethyl adjacent to an activating group) is 1. The summed E-state index contributed by atoms with van der Waals surface area (Å²) in [5.41, 5.74) is 4.68. The van der Waals surface area contributed by atoms with E-state index in [2.05, 4.69) is 5.32 Å². The van der Waals surface area contributed by atoms with Gasteiger partial charge in [-0.1, -0.05) is 72.8 Å². The van der Waals surface area contributed by atoms with Gasteiger partial charge in [0, 0.05) is 13.5 Å². The van der Waals surface area contributed by atoms with Crippen molar-refractivity contribution in [3.05, 3.63) is 102 Å². The molecular formula is C28H32N4O5. The number of nitrogens with one attached hydrogen (secondary N) is 2. The minimum absolute atomic E-state index is 0.0672. The van der Waals surface area contributed by atoms with Gasteiger partial charge in [-0.3, -0.25) is 19.9 Å². The van der Waals surface area contributed by atoms with Gasteiger partial charge in [0.1, 0.15) is 31.0 Å². The fraction of sp³-hybridized carbons (Fsp3) is 0.250. The second-order valence-corrected chi connectivity index (χ2v) is 8.53. The average Bonchev–Trinajstić information content (AvgIpc) is 2.94. The molecule has 0 aliphatic heterocycles. The lowest BCUT2D eigenvalue weighted by Gasteiger charge is -2.28. The minimum atomic E-state index is -0.938. The van der Waals surface area contributed by atoms with E-state index >= 15 is 0 Å². The monoisotopic (exact) mass is 504 g/mol. The molecule has 37 heavy (non-hydrogen) atoms. The maximum Gasteiger partial charge on any atom is 0.410 e. The highest BCUT2D eigenvalue weighted by Gasteiger charge is 2.30. The number of hydrazine groups is 1. The molecule has 3 rings (SSSR count). The van der Waals surface area contributed by atoms with Gasteiger partial charge in [0.2, 0.25) is 5.91 Å². The Labute approximate surface area is 216 Å². The van der Waals surface area contributed by atoms with Crippen LogP contribution in [0, 0.1) is 0 Å². The molecule has 0 aromatic heterocycles. The van der Waals surface area contributed by atoms with Crippen LogP contribution >= 0.6 is 0 Å². The molecule has 0 saturated carbocycles. The molecule has 194 valence electrons. The minimum Gasteiger partial charge on any atom is -0.489 e. The Morgan fingerprint density at radius 1 is 0.811 bits per heavy atom. The predicted molar refractivity (Wildman–Crippen MR) is 139 cm³/mol. The molecule has 3 aromatic rings. The fourth-order valence-electron chi connectivity index (χ4n) is 3.54. The fourth-order valence-corrected chi connectivity index (χ4v) is 3.54. The zero-order valence-electron chi connectivity index (χ0n) is 20.9. The van der Waals surface area contributed by atoms with Gasteiger partial charge in [0.15, 0.2) is 0 Å². The number of nitrogens with zero attached hydrogens (tertiary/aromatic N) is 1. The van der Waals surface area contributed by atoms with Crippen LogP contribution in [0.15, 0.2) is 84.9 Å². The Morgan fingerprint density at radius 2 is 1.38 bits per heavy atom. The van der Waals surface area contributed by atoms with E-state index in [0.29, 0.717) is 12.4 Å². The van der Waals surface area contributed by atoms with Crippen LogP contribution in [0.5, 0.6) is 5.75 Å². The third kappa shape index (κ3) is 8.36. The van der Waals surface area contributed by atoms with Crippen molar-refractivity contribution in [2.75, 3.05) is 7.05 Å². The van der Waals surface area contributed by atoms with E-state index in [1.807, 2.05) is 90.4 Å². The van der Waals surface area contributed by atoms with Gasteiger partial charge in [-0.05, 0) is 35.7 Å². The van der Waals surface area contributed by atoms with Crippen molar-refractivity contribution in [1.29, 1.82) is 0 Å². The van der Waals surface area contributed by atoms with Crippen LogP contribution in [0.3, 0.4) is 0 Å². The van der Waals surface area contributed by atoms with E-state index in [1.165, 1.54) is 18.9 Å². The molecule has 0 saturated heterocycles. The summed E-state index contributed by atoms with van der Waals surface area (Å²) in [6.07, 6.45) is -0.471. The highest BCUT2D eigenvalue weighted by molar-refractivity contribution is 5.91. The zero-order chi connectivity index (χ0) is 26.6. The summed E-state index contributed by atoms with van der Waals surface area (Å²) in [6.45, 7) is 2.00. The van der Waals surface area contributed by atoms with Crippen LogP contribution in [0.4, 0.5) is 4.79 Å². The third-order valence-corrected chi connectivity index (χ3v) is 5.76. The van der Waals surface area contributed by atoms with Crippen LogP contribution in [0.1, 0.15) is 23.6 Å². The van der Waals surface area contributed by atoms with Crippen molar-refractivity contribution < 1.29 is 23.9 Å². The molecule has 0 aliphatic rings. The third-order valence-electron chi connectivity index (χ3n) is 5.76. The topological polar surface area (TPSA) is 123 Å². The zero-order valence-corrected chi connectivity index (χ0v) is 20.9. The smallest absolute Gasteiger partial charge is 0.410 e. The number of carbonyl (C=O) groups excluding carboxylic acids is 3. The number of benzene rings is 3. The SMILES string of the molecule is C[C@@H](NC(=O)[C@H](Cc1ccc(OCc2ccccc2)cc1)N(C)C(=O)OCc1ccccc1)C(=O)NN.